The summed E-state index contributed by atoms with van der Waals surface area (Å²) in [7, 11) is 0. The number of nitro groups is 1. The normalized spacial score (nSPS) is 17.7. The van der Waals surface area contributed by atoms with Crippen molar-refractivity contribution in [3.8, 4) is 23.6 Å². The summed E-state index contributed by atoms with van der Waals surface area (Å²) < 4.78 is 1.67. The van der Waals surface area contributed by atoms with E-state index in [1.807, 2.05) is 35.2 Å². The predicted octanol–water partition coefficient (Wildman–Crippen LogP) is 4.83. The van der Waals surface area contributed by atoms with Crippen molar-refractivity contribution in [3.05, 3.63) is 70.5 Å². The number of carbonyl (C=O) groups is 1. The summed E-state index contributed by atoms with van der Waals surface area (Å²) in [5, 5.41) is 14.8. The molecule has 34 heavy (non-hydrogen) atoms. The molecule has 0 saturated carbocycles. The van der Waals surface area contributed by atoms with Crippen LogP contribution >= 0.6 is 0 Å². The standard InChI is InChI=1S/C26H27N5O3/c1-4-12-29-17-27-24(20-8-6-5-7-9-20)25(29)28-26(32)21-10-11-22(23(14-21)31(33)34)30-15-18(2)13-19(3)16-30/h1,5-11,14,17-19H,12-13,15-16H2,2-3H3,(H,28,32)/t18-,19+. The molecule has 1 aliphatic rings. The van der Waals surface area contributed by atoms with Crippen LogP contribution in [0.25, 0.3) is 11.3 Å². The number of hydrogen-bond acceptors (Lipinski definition) is 5. The summed E-state index contributed by atoms with van der Waals surface area (Å²) in [4.78, 5) is 31.1. The first kappa shape index (κ1) is 23.1. The molecule has 0 aliphatic carbocycles. The van der Waals surface area contributed by atoms with Gasteiger partial charge in [-0.05, 0) is 30.4 Å². The summed E-state index contributed by atoms with van der Waals surface area (Å²) in [6.45, 7) is 6.03. The van der Waals surface area contributed by atoms with Gasteiger partial charge in [0.15, 0.2) is 0 Å². The van der Waals surface area contributed by atoms with Gasteiger partial charge in [0.05, 0.1) is 17.8 Å². The van der Waals surface area contributed by atoms with Crippen LogP contribution in [0.5, 0.6) is 0 Å². The summed E-state index contributed by atoms with van der Waals surface area (Å²) >= 11 is 0. The number of nitro benzene ring substituents is 1. The van der Waals surface area contributed by atoms with Crippen molar-refractivity contribution in [2.45, 2.75) is 26.8 Å². The molecular weight excluding hydrogens is 430 g/mol. The van der Waals surface area contributed by atoms with Gasteiger partial charge >= 0.3 is 0 Å². The van der Waals surface area contributed by atoms with Gasteiger partial charge < -0.3 is 14.8 Å². The summed E-state index contributed by atoms with van der Waals surface area (Å²) in [6.07, 6.45) is 8.16. The highest BCUT2D eigenvalue weighted by Gasteiger charge is 2.28. The molecule has 1 N–H and O–H groups in total. The molecule has 8 nitrogen and oxygen atoms in total. The number of nitrogens with zero attached hydrogens (tertiary/aromatic N) is 4. The third kappa shape index (κ3) is 4.79. The Morgan fingerprint density at radius 2 is 1.91 bits per heavy atom. The maximum Gasteiger partial charge on any atom is 0.293 e. The van der Waals surface area contributed by atoms with Crippen LogP contribution in [0.3, 0.4) is 0 Å². The van der Waals surface area contributed by atoms with Crippen LogP contribution in [-0.2, 0) is 6.54 Å². The third-order valence-corrected chi connectivity index (χ3v) is 6.02. The molecular formula is C26H27N5O3. The lowest BCUT2D eigenvalue weighted by Gasteiger charge is -2.36. The van der Waals surface area contributed by atoms with E-state index in [-0.39, 0.29) is 17.8 Å². The van der Waals surface area contributed by atoms with Gasteiger partial charge in [0, 0.05) is 30.3 Å². The SMILES string of the molecule is C#CCn1cnc(-c2ccccc2)c1NC(=O)c1ccc(N2C[C@H](C)C[C@H](C)C2)c([N+](=O)[O-])c1. The highest BCUT2D eigenvalue weighted by Crippen LogP contribution is 2.34. The van der Waals surface area contributed by atoms with E-state index in [1.165, 1.54) is 6.07 Å². The number of anilines is 2. The number of benzene rings is 2. The van der Waals surface area contributed by atoms with Gasteiger partial charge in [0.2, 0.25) is 0 Å². The summed E-state index contributed by atoms with van der Waals surface area (Å²) in [5.41, 5.74) is 2.06. The molecule has 1 saturated heterocycles. The molecule has 174 valence electrons. The number of amides is 1. The lowest BCUT2D eigenvalue weighted by molar-refractivity contribution is -0.384. The summed E-state index contributed by atoms with van der Waals surface area (Å²) in [6, 6.07) is 14.1. The molecule has 1 aliphatic heterocycles. The minimum absolute atomic E-state index is 0.0747. The second kappa shape index (κ2) is 9.79. The number of nitrogens with one attached hydrogen (secondary N) is 1. The van der Waals surface area contributed by atoms with Gasteiger partial charge in [0.1, 0.15) is 17.2 Å². The molecule has 1 amide bonds. The minimum atomic E-state index is -0.467. The predicted molar refractivity (Wildman–Crippen MR) is 133 cm³/mol. The molecule has 4 rings (SSSR count). The topological polar surface area (TPSA) is 93.3 Å². The third-order valence-electron chi connectivity index (χ3n) is 6.02. The molecule has 0 spiro atoms. The van der Waals surface area contributed by atoms with Crippen molar-refractivity contribution in [1.29, 1.82) is 0 Å². The first-order chi connectivity index (χ1) is 16.4. The van der Waals surface area contributed by atoms with E-state index in [4.69, 9.17) is 6.42 Å². The zero-order valence-electron chi connectivity index (χ0n) is 19.3. The average Bonchev–Trinajstić information content (AvgIpc) is 3.21. The maximum atomic E-state index is 13.2. The zero-order chi connectivity index (χ0) is 24.2. The highest BCUT2D eigenvalue weighted by atomic mass is 16.6. The molecule has 2 aromatic carbocycles. The Labute approximate surface area is 198 Å². The average molecular weight is 458 g/mol. The van der Waals surface area contributed by atoms with E-state index >= 15 is 0 Å². The van der Waals surface area contributed by atoms with Crippen LogP contribution in [0.1, 0.15) is 30.6 Å². The van der Waals surface area contributed by atoms with Crippen molar-refractivity contribution in [2.24, 2.45) is 11.8 Å². The second-order valence-electron chi connectivity index (χ2n) is 8.91. The van der Waals surface area contributed by atoms with E-state index in [0.717, 1.165) is 25.1 Å². The zero-order valence-corrected chi connectivity index (χ0v) is 19.3. The Bertz CT molecular complexity index is 1240. The van der Waals surface area contributed by atoms with Gasteiger partial charge in [-0.25, -0.2) is 4.98 Å². The number of terminal acetylenes is 1. The Kier molecular flexibility index (Phi) is 6.64. The Hall–Kier alpha value is -4.12. The maximum absolute atomic E-state index is 13.2. The first-order valence-corrected chi connectivity index (χ1v) is 11.3. The minimum Gasteiger partial charge on any atom is -0.365 e. The van der Waals surface area contributed by atoms with Crippen LogP contribution in [0.15, 0.2) is 54.9 Å². The Morgan fingerprint density at radius 3 is 2.56 bits per heavy atom. The molecule has 2 heterocycles. The van der Waals surface area contributed by atoms with Crippen LogP contribution < -0.4 is 10.2 Å². The molecule has 2 atom stereocenters. The van der Waals surface area contributed by atoms with Crippen LogP contribution in [-0.4, -0.2) is 33.5 Å². The number of hydrogen-bond donors (Lipinski definition) is 1. The molecule has 3 aromatic rings. The monoisotopic (exact) mass is 457 g/mol. The van der Waals surface area contributed by atoms with E-state index in [0.29, 0.717) is 29.0 Å². The van der Waals surface area contributed by atoms with Crippen molar-refractivity contribution >= 4 is 23.1 Å². The van der Waals surface area contributed by atoms with Crippen LogP contribution in [0, 0.1) is 34.3 Å². The molecule has 1 fully saturated rings. The Morgan fingerprint density at radius 1 is 1.21 bits per heavy atom. The quantitative estimate of drug-likeness (QED) is 0.325. The van der Waals surface area contributed by atoms with Gasteiger partial charge in [-0.15, -0.1) is 6.42 Å². The lowest BCUT2D eigenvalue weighted by atomic mass is 9.91. The smallest absolute Gasteiger partial charge is 0.293 e. The number of aromatic nitrogens is 2. The van der Waals surface area contributed by atoms with Crippen molar-refractivity contribution in [1.82, 2.24) is 9.55 Å². The molecule has 1 aromatic heterocycles. The van der Waals surface area contributed by atoms with Crippen molar-refractivity contribution in [3.63, 3.8) is 0 Å². The van der Waals surface area contributed by atoms with Gasteiger partial charge in [-0.1, -0.05) is 50.1 Å². The highest BCUT2D eigenvalue weighted by molar-refractivity contribution is 6.06. The number of rotatable bonds is 6. The van der Waals surface area contributed by atoms with Gasteiger partial charge in [-0.3, -0.25) is 14.9 Å². The summed E-state index contributed by atoms with van der Waals surface area (Å²) in [5.74, 6) is 3.42. The molecule has 0 radical (unpaired) electrons. The fraction of sp³-hybridized carbons (Fsp3) is 0.308. The fourth-order valence-corrected chi connectivity index (χ4v) is 4.66. The van der Waals surface area contributed by atoms with Gasteiger partial charge in [-0.2, -0.15) is 0 Å². The lowest BCUT2D eigenvalue weighted by Crippen LogP contribution is -2.39. The van der Waals surface area contributed by atoms with E-state index in [9.17, 15) is 14.9 Å². The van der Waals surface area contributed by atoms with Crippen LogP contribution in [0.2, 0.25) is 0 Å². The molecule has 0 unspecified atom stereocenters. The van der Waals surface area contributed by atoms with E-state index < -0.39 is 10.8 Å². The van der Waals surface area contributed by atoms with Gasteiger partial charge in [0.25, 0.3) is 11.6 Å². The Balaban J connectivity index is 1.66. The first-order valence-electron chi connectivity index (χ1n) is 11.3. The fourth-order valence-electron chi connectivity index (χ4n) is 4.66. The number of imidazole rings is 1. The number of piperidine rings is 1. The van der Waals surface area contributed by atoms with Crippen molar-refractivity contribution in [2.75, 3.05) is 23.3 Å². The number of carbonyl (C=O) groups excluding carboxylic acids is 1. The van der Waals surface area contributed by atoms with Crippen LogP contribution in [0.4, 0.5) is 17.2 Å². The van der Waals surface area contributed by atoms with E-state index in [1.54, 1.807) is 23.0 Å². The van der Waals surface area contributed by atoms with E-state index in [2.05, 4.69) is 30.1 Å². The van der Waals surface area contributed by atoms with Crippen molar-refractivity contribution < 1.29 is 9.72 Å². The largest absolute Gasteiger partial charge is 0.365 e. The second-order valence-corrected chi connectivity index (χ2v) is 8.91. The molecule has 0 bridgehead atoms. The molecule has 8 heteroatoms.